The monoisotopic (exact) mass is 554 g/mol. The Bertz CT molecular complexity index is 1420. The van der Waals surface area contributed by atoms with Gasteiger partial charge in [0.1, 0.15) is 24.0 Å². The third-order valence-electron chi connectivity index (χ3n) is 6.42. The summed E-state index contributed by atoms with van der Waals surface area (Å²) < 4.78 is 16.5. The highest BCUT2D eigenvalue weighted by molar-refractivity contribution is 5.91. The molecule has 6 heteroatoms. The fourth-order valence-electron chi connectivity index (χ4n) is 4.10. The highest BCUT2D eigenvalue weighted by atomic mass is 16.5. The molecule has 0 bridgehead atoms. The van der Waals surface area contributed by atoms with Crippen molar-refractivity contribution in [2.45, 2.75) is 52.9 Å². The first kappa shape index (κ1) is 31.1. The summed E-state index contributed by atoms with van der Waals surface area (Å²) in [4.78, 5) is 24.2. The van der Waals surface area contributed by atoms with E-state index in [2.05, 4.69) is 44.3 Å². The van der Waals surface area contributed by atoms with Gasteiger partial charge in [0.25, 0.3) is 0 Å². The Balaban J connectivity index is 1.96. The van der Waals surface area contributed by atoms with Crippen LogP contribution < -0.4 is 9.47 Å². The Kier molecular flexibility index (Phi) is 11.7. The van der Waals surface area contributed by atoms with Gasteiger partial charge in [-0.1, -0.05) is 81.5 Å². The van der Waals surface area contributed by atoms with Crippen molar-refractivity contribution < 1.29 is 28.9 Å². The third-order valence-corrected chi connectivity index (χ3v) is 6.42. The lowest BCUT2D eigenvalue weighted by Gasteiger charge is -2.15. The lowest BCUT2D eigenvalue weighted by atomic mass is 9.96. The number of aliphatic hydroxyl groups is 1. The molecular formula is C35H38O6. The number of benzene rings is 3. The van der Waals surface area contributed by atoms with Crippen molar-refractivity contribution >= 4 is 11.9 Å². The molecule has 0 spiro atoms. The normalized spacial score (nSPS) is 10.8. The first-order chi connectivity index (χ1) is 19.7. The van der Waals surface area contributed by atoms with E-state index in [9.17, 15) is 14.7 Å². The second-order valence-corrected chi connectivity index (χ2v) is 9.91. The molecular weight excluding hydrogens is 516 g/mol. The zero-order valence-electron chi connectivity index (χ0n) is 24.1. The van der Waals surface area contributed by atoms with Crippen LogP contribution in [0.3, 0.4) is 0 Å². The van der Waals surface area contributed by atoms with Gasteiger partial charge in [0.05, 0.1) is 0 Å². The van der Waals surface area contributed by atoms with Crippen LogP contribution in [0.5, 0.6) is 11.5 Å². The summed E-state index contributed by atoms with van der Waals surface area (Å²) in [6.45, 7) is 12.5. The van der Waals surface area contributed by atoms with E-state index in [0.717, 1.165) is 34.9 Å². The number of rotatable bonds is 14. The van der Waals surface area contributed by atoms with E-state index in [1.807, 2.05) is 30.3 Å². The Morgan fingerprint density at radius 1 is 0.780 bits per heavy atom. The molecule has 0 unspecified atom stereocenters. The fourth-order valence-corrected chi connectivity index (χ4v) is 4.10. The summed E-state index contributed by atoms with van der Waals surface area (Å²) in [5, 5.41) is 9.52. The van der Waals surface area contributed by atoms with Gasteiger partial charge < -0.3 is 19.3 Å². The van der Waals surface area contributed by atoms with Crippen LogP contribution in [0.15, 0.2) is 97.5 Å². The average molecular weight is 555 g/mol. The van der Waals surface area contributed by atoms with E-state index < -0.39 is 11.9 Å². The van der Waals surface area contributed by atoms with E-state index in [0.29, 0.717) is 23.5 Å². The Morgan fingerprint density at radius 3 is 2.10 bits per heavy atom. The highest BCUT2D eigenvalue weighted by Crippen LogP contribution is 2.37. The van der Waals surface area contributed by atoms with Crippen molar-refractivity contribution in [1.29, 1.82) is 0 Å². The topological polar surface area (TPSA) is 82.1 Å². The van der Waals surface area contributed by atoms with Gasteiger partial charge in [0.15, 0.2) is 0 Å². The van der Waals surface area contributed by atoms with E-state index in [4.69, 9.17) is 14.2 Å². The van der Waals surface area contributed by atoms with Crippen molar-refractivity contribution in [3.05, 3.63) is 109 Å². The van der Waals surface area contributed by atoms with Gasteiger partial charge in [-0.2, -0.15) is 0 Å². The fraction of sp³-hybridized carbons (Fsp3) is 0.257. The molecule has 0 saturated carbocycles. The van der Waals surface area contributed by atoms with Gasteiger partial charge in [-0.15, -0.1) is 0 Å². The van der Waals surface area contributed by atoms with Crippen molar-refractivity contribution in [2.24, 2.45) is 0 Å². The molecule has 0 atom stereocenters. The number of carbonyl (C=O) groups excluding carboxylic acids is 2. The van der Waals surface area contributed by atoms with Crippen molar-refractivity contribution in [3.8, 4) is 33.8 Å². The molecule has 0 fully saturated rings. The summed E-state index contributed by atoms with van der Waals surface area (Å²) in [5.41, 5.74) is 5.94. The molecule has 0 amide bonds. The van der Waals surface area contributed by atoms with Gasteiger partial charge in [-0.3, -0.25) is 0 Å². The Morgan fingerprint density at radius 2 is 1.44 bits per heavy atom. The molecule has 214 valence electrons. The van der Waals surface area contributed by atoms with E-state index >= 15 is 0 Å². The van der Waals surface area contributed by atoms with E-state index in [-0.39, 0.29) is 17.8 Å². The number of aliphatic hydroxyl groups excluding tert-OH is 1. The second-order valence-electron chi connectivity index (χ2n) is 9.91. The van der Waals surface area contributed by atoms with Gasteiger partial charge in [-0.25, -0.2) is 9.59 Å². The van der Waals surface area contributed by atoms with Gasteiger partial charge in [-0.05, 0) is 73.1 Å². The Hall–Kier alpha value is -4.42. The van der Waals surface area contributed by atoms with Crippen LogP contribution in [-0.2, 0) is 27.2 Å². The van der Waals surface area contributed by atoms with Crippen LogP contribution in [0, 0.1) is 0 Å². The molecule has 0 aliphatic rings. The van der Waals surface area contributed by atoms with Crippen LogP contribution in [-0.4, -0.2) is 23.7 Å². The summed E-state index contributed by atoms with van der Waals surface area (Å²) in [7, 11) is 0. The van der Waals surface area contributed by atoms with Crippen molar-refractivity contribution in [3.63, 3.8) is 0 Å². The molecule has 3 aromatic carbocycles. The molecule has 3 aromatic rings. The van der Waals surface area contributed by atoms with Gasteiger partial charge in [0.2, 0.25) is 0 Å². The smallest absolute Gasteiger partial charge is 0.338 e. The number of unbranched alkanes of at least 4 members (excludes halogenated alkanes) is 2. The number of aryl methyl sites for hydroxylation is 1. The molecule has 0 aliphatic carbocycles. The minimum atomic E-state index is -0.565. The number of hydrogen-bond donors (Lipinski definition) is 1. The van der Waals surface area contributed by atoms with E-state index in [1.165, 1.54) is 31.1 Å². The molecule has 0 heterocycles. The minimum absolute atomic E-state index is 0.0718. The lowest BCUT2D eigenvalue weighted by Crippen LogP contribution is -2.09. The minimum Gasteiger partial charge on any atom is -0.461 e. The number of hydrogen-bond acceptors (Lipinski definition) is 6. The van der Waals surface area contributed by atoms with Crippen molar-refractivity contribution in [2.75, 3.05) is 6.61 Å². The molecule has 0 saturated heterocycles. The highest BCUT2D eigenvalue weighted by Gasteiger charge is 2.16. The van der Waals surface area contributed by atoms with Crippen LogP contribution in [0.4, 0.5) is 0 Å². The quantitative estimate of drug-likeness (QED) is 0.0722. The molecule has 0 aromatic heterocycles. The summed E-state index contributed by atoms with van der Waals surface area (Å²) >= 11 is 0. The van der Waals surface area contributed by atoms with Crippen LogP contribution in [0.2, 0.25) is 0 Å². The van der Waals surface area contributed by atoms with Gasteiger partial charge >= 0.3 is 11.9 Å². The molecule has 1 N–H and O–H groups in total. The van der Waals surface area contributed by atoms with Crippen LogP contribution >= 0.6 is 0 Å². The zero-order valence-corrected chi connectivity index (χ0v) is 24.1. The molecule has 3 rings (SSSR count). The summed E-state index contributed by atoms with van der Waals surface area (Å²) in [6.07, 6.45) is 7.37. The van der Waals surface area contributed by atoms with Crippen LogP contribution in [0.25, 0.3) is 22.3 Å². The maximum Gasteiger partial charge on any atom is 0.338 e. The molecule has 41 heavy (non-hydrogen) atoms. The predicted octanol–water partition coefficient (Wildman–Crippen LogP) is 7.74. The maximum atomic E-state index is 12.6. The molecule has 0 aliphatic heterocycles. The van der Waals surface area contributed by atoms with E-state index in [1.54, 1.807) is 19.9 Å². The van der Waals surface area contributed by atoms with Gasteiger partial charge in [0, 0.05) is 23.3 Å². The first-order valence-corrected chi connectivity index (χ1v) is 13.8. The summed E-state index contributed by atoms with van der Waals surface area (Å²) in [6, 6.07) is 19.7. The molecule has 0 radical (unpaired) electrons. The lowest BCUT2D eigenvalue weighted by molar-refractivity contribution is -0.133. The zero-order chi connectivity index (χ0) is 29.8. The maximum absolute atomic E-state index is 12.6. The predicted molar refractivity (Wildman–Crippen MR) is 162 cm³/mol. The third kappa shape index (κ3) is 9.05. The largest absolute Gasteiger partial charge is 0.461 e. The van der Waals surface area contributed by atoms with Crippen LogP contribution in [0.1, 0.15) is 51.2 Å². The number of ether oxygens (including phenoxy) is 3. The first-order valence-electron chi connectivity index (χ1n) is 13.8. The Labute approximate surface area is 242 Å². The number of esters is 2. The SMILES string of the molecule is C=C(C)C(=O)O/C=C/Oc1cc(-c2ccc(-c3ccc(CCCCC)cc3)cc2OC(=O)C(=C)C)ccc1CCO. The van der Waals surface area contributed by atoms with Crippen molar-refractivity contribution in [1.82, 2.24) is 0 Å². The molecule has 6 nitrogen and oxygen atoms in total. The average Bonchev–Trinajstić information content (AvgIpc) is 2.96. The summed E-state index contributed by atoms with van der Waals surface area (Å²) in [5.74, 6) is -0.247. The number of carbonyl (C=O) groups is 2. The standard InChI is InChI=1S/C35H38O6/c1-6-7-8-9-26-10-12-27(13-11-26)29-16-17-31(33(22-29)41-35(38)25(4)5)30-15-14-28(18-19-36)32(23-30)39-20-21-40-34(37)24(2)3/h10-17,20-23,36H,2,4,6-9,18-19H2,1,3,5H3/b21-20+. The second kappa shape index (κ2) is 15.4.